The summed E-state index contributed by atoms with van der Waals surface area (Å²) in [5.74, 6) is 1.12. The molecule has 0 saturated heterocycles. The van der Waals surface area contributed by atoms with Gasteiger partial charge in [0.15, 0.2) is 11.5 Å². The van der Waals surface area contributed by atoms with Gasteiger partial charge in [-0.3, -0.25) is 4.79 Å². The molecule has 0 heterocycles. The number of ether oxygens (including phenoxy) is 2. The molecule has 2 aromatic rings. The third kappa shape index (κ3) is 6.29. The second-order valence-corrected chi connectivity index (χ2v) is 6.90. The minimum absolute atomic E-state index is 0.125. The van der Waals surface area contributed by atoms with Crippen LogP contribution >= 0.6 is 0 Å². The molecule has 146 valence electrons. The van der Waals surface area contributed by atoms with E-state index in [-0.39, 0.29) is 5.91 Å². The summed E-state index contributed by atoms with van der Waals surface area (Å²) >= 11 is 0. The van der Waals surface area contributed by atoms with Gasteiger partial charge in [-0.1, -0.05) is 37.6 Å². The van der Waals surface area contributed by atoms with Crippen LogP contribution in [0, 0.1) is 0 Å². The van der Waals surface area contributed by atoms with Crippen molar-refractivity contribution in [2.24, 2.45) is 0 Å². The van der Waals surface area contributed by atoms with Crippen LogP contribution in [-0.4, -0.2) is 33.7 Å². The smallest absolute Gasteiger partial charge is 0.251 e. The highest BCUT2D eigenvalue weighted by Crippen LogP contribution is 2.28. The van der Waals surface area contributed by atoms with Gasteiger partial charge in [0, 0.05) is 17.7 Å². The first kappa shape index (κ1) is 20.8. The molecule has 0 aliphatic rings. The standard InChI is InChI=1S/C22H30N2O3/c1-5-6-13-27-20-12-11-17(14-21(20)26-4)22(25)23-15-18-9-7-8-10-19(18)16-24(2)3/h7-12,14H,5-6,13,15-16H2,1-4H3,(H,23,25)/p+1. The number of rotatable bonds is 10. The Morgan fingerprint density at radius 1 is 1.07 bits per heavy atom. The van der Waals surface area contributed by atoms with Crippen molar-refractivity contribution in [1.29, 1.82) is 0 Å². The van der Waals surface area contributed by atoms with Crippen molar-refractivity contribution in [1.82, 2.24) is 5.32 Å². The van der Waals surface area contributed by atoms with Crippen LogP contribution in [0.2, 0.25) is 0 Å². The summed E-state index contributed by atoms with van der Waals surface area (Å²) in [7, 11) is 5.82. The van der Waals surface area contributed by atoms with Crippen molar-refractivity contribution in [2.45, 2.75) is 32.9 Å². The van der Waals surface area contributed by atoms with Gasteiger partial charge in [0.25, 0.3) is 5.91 Å². The van der Waals surface area contributed by atoms with Gasteiger partial charge in [-0.05, 0) is 30.2 Å². The number of unbranched alkanes of at least 4 members (excludes halogenated alkanes) is 1. The van der Waals surface area contributed by atoms with E-state index >= 15 is 0 Å². The summed E-state index contributed by atoms with van der Waals surface area (Å²) in [6.45, 7) is 4.18. The molecule has 0 unspecified atom stereocenters. The van der Waals surface area contributed by atoms with E-state index in [0.29, 0.717) is 30.2 Å². The number of benzene rings is 2. The van der Waals surface area contributed by atoms with Gasteiger partial charge in [0.2, 0.25) is 0 Å². The summed E-state index contributed by atoms with van der Waals surface area (Å²) in [4.78, 5) is 13.9. The van der Waals surface area contributed by atoms with Gasteiger partial charge >= 0.3 is 0 Å². The Bertz CT molecular complexity index is 744. The van der Waals surface area contributed by atoms with Crippen LogP contribution < -0.4 is 19.7 Å². The maximum atomic E-state index is 12.6. The van der Waals surface area contributed by atoms with Crippen molar-refractivity contribution in [3.8, 4) is 11.5 Å². The lowest BCUT2D eigenvalue weighted by atomic mass is 10.1. The summed E-state index contributed by atoms with van der Waals surface area (Å²) in [5.41, 5.74) is 2.94. The lowest BCUT2D eigenvalue weighted by Gasteiger charge is -2.14. The summed E-state index contributed by atoms with van der Waals surface area (Å²) in [6, 6.07) is 13.5. The molecule has 0 aliphatic heterocycles. The van der Waals surface area contributed by atoms with E-state index in [1.165, 1.54) is 10.5 Å². The van der Waals surface area contributed by atoms with Crippen LogP contribution in [-0.2, 0) is 13.1 Å². The highest BCUT2D eigenvalue weighted by Gasteiger charge is 2.12. The minimum atomic E-state index is -0.125. The van der Waals surface area contributed by atoms with E-state index < -0.39 is 0 Å². The highest BCUT2D eigenvalue weighted by atomic mass is 16.5. The summed E-state index contributed by atoms with van der Waals surface area (Å²) < 4.78 is 11.1. The first-order valence-corrected chi connectivity index (χ1v) is 9.50. The summed E-state index contributed by atoms with van der Waals surface area (Å²) in [6.07, 6.45) is 2.05. The monoisotopic (exact) mass is 371 g/mol. The average Bonchev–Trinajstić information content (AvgIpc) is 2.67. The molecule has 2 aromatic carbocycles. The van der Waals surface area contributed by atoms with E-state index in [4.69, 9.17) is 9.47 Å². The zero-order valence-electron chi connectivity index (χ0n) is 16.8. The Labute approximate surface area is 162 Å². The molecule has 0 spiro atoms. The number of quaternary nitrogens is 1. The van der Waals surface area contributed by atoms with Gasteiger partial charge in [-0.2, -0.15) is 0 Å². The first-order chi connectivity index (χ1) is 13.0. The lowest BCUT2D eigenvalue weighted by molar-refractivity contribution is -0.872. The van der Waals surface area contributed by atoms with Crippen molar-refractivity contribution in [2.75, 3.05) is 27.8 Å². The van der Waals surface area contributed by atoms with Crippen molar-refractivity contribution < 1.29 is 19.2 Å². The van der Waals surface area contributed by atoms with Gasteiger partial charge in [0.1, 0.15) is 6.54 Å². The molecule has 0 radical (unpaired) electrons. The molecule has 0 aromatic heterocycles. The predicted molar refractivity (Wildman–Crippen MR) is 108 cm³/mol. The van der Waals surface area contributed by atoms with Crippen LogP contribution in [0.5, 0.6) is 11.5 Å². The van der Waals surface area contributed by atoms with Gasteiger partial charge in [0.05, 0.1) is 27.8 Å². The Kier molecular flexibility index (Phi) is 8.14. The third-order valence-electron chi connectivity index (χ3n) is 4.28. The second-order valence-electron chi connectivity index (χ2n) is 6.90. The fourth-order valence-corrected chi connectivity index (χ4v) is 2.82. The average molecular weight is 372 g/mol. The van der Waals surface area contributed by atoms with E-state index in [0.717, 1.165) is 24.9 Å². The van der Waals surface area contributed by atoms with Crippen molar-refractivity contribution in [3.63, 3.8) is 0 Å². The van der Waals surface area contributed by atoms with Gasteiger partial charge in [-0.15, -0.1) is 0 Å². The normalized spacial score (nSPS) is 10.7. The molecule has 0 atom stereocenters. The Hall–Kier alpha value is -2.53. The Morgan fingerprint density at radius 3 is 2.48 bits per heavy atom. The minimum Gasteiger partial charge on any atom is -0.493 e. The molecular formula is C22H31N2O3+. The first-order valence-electron chi connectivity index (χ1n) is 9.50. The maximum Gasteiger partial charge on any atom is 0.251 e. The van der Waals surface area contributed by atoms with E-state index in [1.54, 1.807) is 25.3 Å². The predicted octanol–water partition coefficient (Wildman–Crippen LogP) is 2.45. The van der Waals surface area contributed by atoms with Crippen LogP contribution in [0.25, 0.3) is 0 Å². The number of hydrogen-bond donors (Lipinski definition) is 2. The molecular weight excluding hydrogens is 340 g/mol. The fraction of sp³-hybridized carbons (Fsp3) is 0.409. The van der Waals surface area contributed by atoms with Crippen LogP contribution in [0.15, 0.2) is 42.5 Å². The molecule has 0 fully saturated rings. The van der Waals surface area contributed by atoms with Gasteiger partial charge < -0.3 is 19.7 Å². The molecule has 0 saturated carbocycles. The van der Waals surface area contributed by atoms with Crippen LogP contribution in [0.4, 0.5) is 0 Å². The fourth-order valence-electron chi connectivity index (χ4n) is 2.82. The van der Waals surface area contributed by atoms with Crippen molar-refractivity contribution >= 4 is 5.91 Å². The summed E-state index contributed by atoms with van der Waals surface area (Å²) in [5, 5.41) is 3.01. The molecule has 0 bridgehead atoms. The second kappa shape index (κ2) is 10.6. The number of nitrogens with one attached hydrogen (secondary N) is 2. The topological polar surface area (TPSA) is 52.0 Å². The zero-order valence-corrected chi connectivity index (χ0v) is 16.8. The maximum absolute atomic E-state index is 12.6. The molecule has 5 heteroatoms. The highest BCUT2D eigenvalue weighted by molar-refractivity contribution is 5.94. The molecule has 2 rings (SSSR count). The largest absolute Gasteiger partial charge is 0.493 e. The molecule has 2 N–H and O–H groups in total. The number of hydrogen-bond acceptors (Lipinski definition) is 3. The number of amides is 1. The lowest BCUT2D eigenvalue weighted by Crippen LogP contribution is -3.04. The van der Waals surface area contributed by atoms with Crippen molar-refractivity contribution in [3.05, 3.63) is 59.2 Å². The number of carbonyl (C=O) groups is 1. The molecule has 1 amide bonds. The number of carbonyl (C=O) groups excluding carboxylic acids is 1. The van der Waals surface area contributed by atoms with E-state index in [9.17, 15) is 4.79 Å². The Morgan fingerprint density at radius 2 is 1.81 bits per heavy atom. The van der Waals surface area contributed by atoms with E-state index in [2.05, 4.69) is 38.5 Å². The Balaban J connectivity index is 2.04. The zero-order chi connectivity index (χ0) is 19.6. The van der Waals surface area contributed by atoms with Gasteiger partial charge in [-0.25, -0.2) is 0 Å². The van der Waals surface area contributed by atoms with Crippen LogP contribution in [0.1, 0.15) is 41.3 Å². The molecule has 0 aliphatic carbocycles. The molecule has 27 heavy (non-hydrogen) atoms. The van der Waals surface area contributed by atoms with Crippen LogP contribution in [0.3, 0.4) is 0 Å². The van der Waals surface area contributed by atoms with E-state index in [1.807, 2.05) is 12.1 Å². The molecule has 5 nitrogen and oxygen atoms in total. The third-order valence-corrected chi connectivity index (χ3v) is 4.28. The number of methoxy groups -OCH3 is 1. The quantitative estimate of drug-likeness (QED) is 0.631. The SMILES string of the molecule is CCCCOc1ccc(C(=O)NCc2ccccc2C[NH+](C)C)cc1OC.